The molecule has 0 spiro atoms. The minimum Gasteiger partial charge on any atom is -1.00 e. The summed E-state index contributed by atoms with van der Waals surface area (Å²) in [5.74, 6) is 0. The second-order valence-corrected chi connectivity index (χ2v) is 11.2. The molecule has 0 saturated heterocycles. The van der Waals surface area contributed by atoms with Gasteiger partial charge in [-0.05, 0) is 0 Å². The number of hydrogen-bond acceptors (Lipinski definition) is 0. The number of rotatable bonds is 3. The molecular formula is C26H19F2NZr. The summed E-state index contributed by atoms with van der Waals surface area (Å²) in [6.45, 7) is 0. The van der Waals surface area contributed by atoms with Gasteiger partial charge in [0, 0.05) is 0 Å². The molecule has 1 aromatic heterocycles. The predicted octanol–water partition coefficient (Wildman–Crippen LogP) is 0.782. The summed E-state index contributed by atoms with van der Waals surface area (Å²) in [5.41, 5.74) is 7.05. The van der Waals surface area contributed by atoms with Crippen molar-refractivity contribution in [2.45, 2.75) is 10.0 Å². The molecule has 1 nitrogen and oxygen atoms in total. The van der Waals surface area contributed by atoms with E-state index in [1.54, 1.807) is 3.28 Å². The van der Waals surface area contributed by atoms with Crippen LogP contribution in [0.25, 0.3) is 33.6 Å². The fraction of sp³-hybridized carbons (Fsp3) is 0.0769. The average molecular weight is 475 g/mol. The van der Waals surface area contributed by atoms with Crippen molar-refractivity contribution < 1.29 is 32.6 Å². The number of para-hydroxylation sites is 2. The Kier molecular flexibility index (Phi) is 5.71. The zero-order valence-corrected chi connectivity index (χ0v) is 18.7. The molecule has 2 aliphatic rings. The van der Waals surface area contributed by atoms with E-state index in [-0.39, 0.29) is 9.41 Å². The number of nitrogens with zero attached hydrogens (tertiary/aromatic N) is 1. The fourth-order valence-corrected chi connectivity index (χ4v) is 8.47. The third-order valence-electron chi connectivity index (χ3n) is 5.85. The molecule has 0 fully saturated rings. The number of fused-ring (bicyclic) bond motifs is 4. The Morgan fingerprint density at radius 2 is 1.40 bits per heavy atom. The van der Waals surface area contributed by atoms with Crippen LogP contribution >= 0.6 is 0 Å². The van der Waals surface area contributed by atoms with Crippen LogP contribution in [0.2, 0.25) is 0 Å². The van der Waals surface area contributed by atoms with Crippen molar-refractivity contribution in [3.8, 4) is 0 Å². The van der Waals surface area contributed by atoms with Crippen LogP contribution in [0.1, 0.15) is 21.2 Å². The molecule has 4 aromatic rings. The van der Waals surface area contributed by atoms with Gasteiger partial charge in [-0.2, -0.15) is 0 Å². The molecule has 0 N–H and O–H groups in total. The first-order valence-electron chi connectivity index (χ1n) is 9.81. The Bertz CT molecular complexity index is 1280. The molecular weight excluding hydrogens is 456 g/mol. The zero-order chi connectivity index (χ0) is 18.5. The second-order valence-electron chi connectivity index (χ2n) is 7.47. The predicted molar refractivity (Wildman–Crippen MR) is 115 cm³/mol. The minimum absolute atomic E-state index is 0. The van der Waals surface area contributed by atoms with Gasteiger partial charge in [0.1, 0.15) is 0 Å². The summed E-state index contributed by atoms with van der Waals surface area (Å²) in [5, 5.41) is 2.70. The molecule has 6 rings (SSSR count). The zero-order valence-electron chi connectivity index (χ0n) is 16.2. The third kappa shape index (κ3) is 3.15. The van der Waals surface area contributed by atoms with Gasteiger partial charge >= 0.3 is 177 Å². The van der Waals surface area contributed by atoms with E-state index in [0.717, 1.165) is 6.42 Å². The number of benzene rings is 3. The van der Waals surface area contributed by atoms with E-state index < -0.39 is 23.2 Å². The second kappa shape index (κ2) is 8.28. The van der Waals surface area contributed by atoms with E-state index in [4.69, 9.17) is 0 Å². The Morgan fingerprint density at radius 1 is 0.767 bits per heavy atom. The maximum Gasteiger partial charge on any atom is -1.00 e. The van der Waals surface area contributed by atoms with E-state index in [0.29, 0.717) is 3.63 Å². The Balaban J connectivity index is 0.00000109. The van der Waals surface area contributed by atoms with E-state index in [1.165, 1.54) is 38.6 Å². The smallest absolute Gasteiger partial charge is 1.00 e. The Morgan fingerprint density at radius 3 is 2.07 bits per heavy atom. The Hall–Kier alpha value is -2.58. The summed E-state index contributed by atoms with van der Waals surface area (Å²) in [4.78, 5) is 0. The molecule has 2 aliphatic carbocycles. The molecule has 0 radical (unpaired) electrons. The molecule has 0 saturated carbocycles. The topological polar surface area (TPSA) is 4.93 Å². The molecule has 0 bridgehead atoms. The van der Waals surface area contributed by atoms with Crippen LogP contribution in [0, 0.1) is 0 Å². The SMILES string of the molecule is C1=CC[C]([Zr+2][CH]2C(n3c4ccccc4c4ccccc43)=Cc3ccccc32)=C1.[F-].[F-]. The van der Waals surface area contributed by atoms with Gasteiger partial charge in [-0.3, -0.25) is 0 Å². The van der Waals surface area contributed by atoms with Gasteiger partial charge in [0.15, 0.2) is 0 Å². The van der Waals surface area contributed by atoms with Crippen LogP contribution in [0.4, 0.5) is 0 Å². The summed E-state index contributed by atoms with van der Waals surface area (Å²) in [7, 11) is 0. The monoisotopic (exact) mass is 473 g/mol. The van der Waals surface area contributed by atoms with Crippen molar-refractivity contribution in [1.82, 2.24) is 4.57 Å². The largest absolute Gasteiger partial charge is 1.00 e. The number of aromatic nitrogens is 1. The van der Waals surface area contributed by atoms with Crippen molar-refractivity contribution in [3.63, 3.8) is 0 Å². The van der Waals surface area contributed by atoms with Crippen molar-refractivity contribution in [3.05, 3.63) is 105 Å². The minimum atomic E-state index is -0.777. The maximum atomic E-state index is 2.54. The van der Waals surface area contributed by atoms with Gasteiger partial charge in [0.2, 0.25) is 0 Å². The maximum absolute atomic E-state index is 2.54. The van der Waals surface area contributed by atoms with Crippen molar-refractivity contribution in [1.29, 1.82) is 0 Å². The van der Waals surface area contributed by atoms with E-state index >= 15 is 0 Å². The molecule has 4 heteroatoms. The van der Waals surface area contributed by atoms with Gasteiger partial charge in [0.25, 0.3) is 0 Å². The van der Waals surface area contributed by atoms with Gasteiger partial charge in [0.05, 0.1) is 0 Å². The van der Waals surface area contributed by atoms with Crippen LogP contribution in [0.5, 0.6) is 0 Å². The molecule has 1 atom stereocenters. The summed E-state index contributed by atoms with van der Waals surface area (Å²) in [6, 6.07) is 26.7. The van der Waals surface area contributed by atoms with E-state index in [9.17, 15) is 0 Å². The van der Waals surface area contributed by atoms with Gasteiger partial charge in [-0.25, -0.2) is 0 Å². The van der Waals surface area contributed by atoms with Crippen molar-refractivity contribution in [2.75, 3.05) is 0 Å². The number of allylic oxidation sites excluding steroid dienone is 5. The van der Waals surface area contributed by atoms with Crippen LogP contribution in [-0.4, -0.2) is 4.57 Å². The molecule has 1 unspecified atom stereocenters. The number of halogens is 2. The van der Waals surface area contributed by atoms with E-state index in [2.05, 4.69) is 102 Å². The average Bonchev–Trinajstić information content (AvgIpc) is 3.45. The summed E-state index contributed by atoms with van der Waals surface area (Å²) >= 11 is -0.777. The standard InChI is InChI=1S/C21H14N.C5H5.2FH.Zr/c1-2-8-16-14-17(13-15(16)7-1)22-20-11-5-3-9-18(20)19-10-4-6-12-21(19)22;1-2-4-5-3-1;;;/h1-14H;1-3H,4H2;2*1H;/q;;;;+2/p-2. The van der Waals surface area contributed by atoms with Gasteiger partial charge in [-0.1, -0.05) is 0 Å². The van der Waals surface area contributed by atoms with Crippen LogP contribution < -0.4 is 9.41 Å². The molecule has 1 heterocycles. The fourth-order valence-electron chi connectivity index (χ4n) is 4.59. The molecule has 30 heavy (non-hydrogen) atoms. The van der Waals surface area contributed by atoms with Crippen molar-refractivity contribution in [2.24, 2.45) is 0 Å². The number of hydrogen-bond donors (Lipinski definition) is 0. The van der Waals surface area contributed by atoms with Gasteiger partial charge in [-0.15, -0.1) is 0 Å². The molecule has 146 valence electrons. The van der Waals surface area contributed by atoms with Crippen LogP contribution in [-0.2, 0) is 23.2 Å². The molecule has 3 aromatic carbocycles. The van der Waals surface area contributed by atoms with Gasteiger partial charge < -0.3 is 9.41 Å². The van der Waals surface area contributed by atoms with Crippen LogP contribution in [0.3, 0.4) is 0 Å². The third-order valence-corrected chi connectivity index (χ3v) is 9.87. The normalized spacial score (nSPS) is 16.5. The molecule has 0 aliphatic heterocycles. The molecule has 0 amide bonds. The first-order valence-corrected chi connectivity index (χ1v) is 12.5. The van der Waals surface area contributed by atoms with Crippen LogP contribution in [0.15, 0.2) is 94.3 Å². The van der Waals surface area contributed by atoms with Crippen molar-refractivity contribution >= 4 is 33.6 Å². The first-order chi connectivity index (χ1) is 13.9. The van der Waals surface area contributed by atoms with E-state index in [1.807, 2.05) is 0 Å². The summed E-state index contributed by atoms with van der Waals surface area (Å²) < 4.78 is 4.79. The Labute approximate surface area is 185 Å². The summed E-state index contributed by atoms with van der Waals surface area (Å²) in [6.07, 6.45) is 10.5. The first kappa shape index (κ1) is 20.7. The quantitative estimate of drug-likeness (QED) is 0.414.